The van der Waals surface area contributed by atoms with Crippen LogP contribution in [-0.2, 0) is 0 Å². The van der Waals surface area contributed by atoms with Gasteiger partial charge in [0.2, 0.25) is 0 Å². The van der Waals surface area contributed by atoms with Crippen molar-refractivity contribution < 1.29 is 0 Å². The van der Waals surface area contributed by atoms with E-state index in [4.69, 9.17) is 0 Å². The van der Waals surface area contributed by atoms with E-state index in [2.05, 4.69) is 37.0 Å². The maximum absolute atomic E-state index is 3.93. The first-order chi connectivity index (χ1) is 5.25. The molecule has 0 saturated carbocycles. The van der Waals surface area contributed by atoms with Crippen molar-refractivity contribution in [1.29, 1.82) is 0 Å². The summed E-state index contributed by atoms with van der Waals surface area (Å²) in [5.41, 5.74) is 2.49. The van der Waals surface area contributed by atoms with Crippen LogP contribution in [0.1, 0.15) is 13.3 Å². The minimum atomic E-state index is 0.470. The van der Waals surface area contributed by atoms with Crippen LogP contribution >= 0.6 is 0 Å². The zero-order chi connectivity index (χ0) is 8.27. The molecule has 0 bridgehead atoms. The summed E-state index contributed by atoms with van der Waals surface area (Å²) in [6, 6.07) is 0.470. The van der Waals surface area contributed by atoms with E-state index in [1.54, 1.807) is 0 Å². The second kappa shape index (κ2) is 3.54. The Morgan fingerprint density at radius 3 is 2.91 bits per heavy atom. The normalized spacial score (nSPS) is 23.1. The Hall–Kier alpha value is -0.820. The molecule has 0 aromatic heterocycles. The zero-order valence-corrected chi connectivity index (χ0v) is 7.22. The predicted molar refractivity (Wildman–Crippen MR) is 49.5 cm³/mol. The highest BCUT2D eigenvalue weighted by atomic mass is 14.9. The van der Waals surface area contributed by atoms with Crippen LogP contribution in [-0.4, -0.2) is 13.1 Å². The Labute approximate surface area is 68.5 Å². The van der Waals surface area contributed by atoms with Gasteiger partial charge in [0.15, 0.2) is 0 Å². The molecule has 0 aromatic carbocycles. The number of allylic oxidation sites excluding steroid dienone is 2. The minimum Gasteiger partial charge on any atom is -0.313 e. The minimum absolute atomic E-state index is 0.470. The summed E-state index contributed by atoms with van der Waals surface area (Å²) < 4.78 is 0. The van der Waals surface area contributed by atoms with E-state index >= 15 is 0 Å². The van der Waals surface area contributed by atoms with E-state index in [1.165, 1.54) is 5.57 Å². The Kier molecular flexibility index (Phi) is 2.66. The van der Waals surface area contributed by atoms with Gasteiger partial charge >= 0.3 is 0 Å². The maximum Gasteiger partial charge on any atom is 0.0354 e. The summed E-state index contributed by atoms with van der Waals surface area (Å²) in [5, 5.41) is 3.25. The van der Waals surface area contributed by atoms with Gasteiger partial charge in [-0.2, -0.15) is 0 Å². The van der Waals surface area contributed by atoms with Crippen LogP contribution in [0.2, 0.25) is 0 Å². The van der Waals surface area contributed by atoms with E-state index in [0.29, 0.717) is 6.04 Å². The summed E-state index contributed by atoms with van der Waals surface area (Å²) in [7, 11) is 1.99. The lowest BCUT2D eigenvalue weighted by molar-refractivity contribution is 0.644. The number of hydrogen-bond acceptors (Lipinski definition) is 1. The van der Waals surface area contributed by atoms with Crippen LogP contribution in [0.5, 0.6) is 0 Å². The fourth-order valence-electron chi connectivity index (χ4n) is 1.34. The van der Waals surface area contributed by atoms with Crippen molar-refractivity contribution in [3.8, 4) is 0 Å². The van der Waals surface area contributed by atoms with Crippen LogP contribution in [0.15, 0.2) is 36.0 Å². The summed E-state index contributed by atoms with van der Waals surface area (Å²) in [6.07, 6.45) is 7.48. The standard InChI is InChI=1S/C10H15N/c1-8(2)9-6-4-5-7-10(9)11-3/h4-6,10-11H,1,7H2,2-3H3. The van der Waals surface area contributed by atoms with Crippen molar-refractivity contribution in [1.82, 2.24) is 5.32 Å². The third-order valence-electron chi connectivity index (χ3n) is 2.00. The van der Waals surface area contributed by atoms with Gasteiger partial charge in [-0.15, -0.1) is 0 Å². The van der Waals surface area contributed by atoms with Gasteiger partial charge in [0.25, 0.3) is 0 Å². The molecule has 0 spiro atoms. The molecule has 1 aliphatic carbocycles. The first kappa shape index (κ1) is 8.28. The summed E-state index contributed by atoms with van der Waals surface area (Å²) in [6.45, 7) is 5.99. The highest BCUT2D eigenvalue weighted by Gasteiger charge is 2.12. The van der Waals surface area contributed by atoms with Crippen LogP contribution in [0.4, 0.5) is 0 Å². The van der Waals surface area contributed by atoms with E-state index < -0.39 is 0 Å². The molecule has 1 nitrogen and oxygen atoms in total. The molecular formula is C10H15N. The molecule has 1 N–H and O–H groups in total. The molecule has 1 unspecified atom stereocenters. The van der Waals surface area contributed by atoms with Crippen molar-refractivity contribution in [3.05, 3.63) is 36.0 Å². The molecule has 1 aliphatic rings. The lowest BCUT2D eigenvalue weighted by atomic mass is 9.94. The Morgan fingerprint density at radius 1 is 1.73 bits per heavy atom. The third-order valence-corrected chi connectivity index (χ3v) is 2.00. The second-order valence-corrected chi connectivity index (χ2v) is 2.91. The van der Waals surface area contributed by atoms with Gasteiger partial charge in [0, 0.05) is 6.04 Å². The van der Waals surface area contributed by atoms with Crippen molar-refractivity contribution in [2.24, 2.45) is 0 Å². The van der Waals surface area contributed by atoms with Crippen molar-refractivity contribution >= 4 is 0 Å². The molecule has 0 aliphatic heterocycles. The number of rotatable bonds is 2. The van der Waals surface area contributed by atoms with Crippen LogP contribution in [0.25, 0.3) is 0 Å². The monoisotopic (exact) mass is 149 g/mol. The Balaban J connectivity index is 2.78. The highest BCUT2D eigenvalue weighted by Crippen LogP contribution is 2.18. The van der Waals surface area contributed by atoms with E-state index in [-0.39, 0.29) is 0 Å². The smallest absolute Gasteiger partial charge is 0.0354 e. The van der Waals surface area contributed by atoms with Crippen molar-refractivity contribution in [2.75, 3.05) is 7.05 Å². The predicted octanol–water partition coefficient (Wildman–Crippen LogP) is 2.04. The quantitative estimate of drug-likeness (QED) is 0.633. The van der Waals surface area contributed by atoms with Gasteiger partial charge in [-0.3, -0.25) is 0 Å². The molecule has 11 heavy (non-hydrogen) atoms. The number of nitrogens with one attached hydrogen (secondary N) is 1. The van der Waals surface area contributed by atoms with Crippen LogP contribution < -0.4 is 5.32 Å². The summed E-state index contributed by atoms with van der Waals surface area (Å²) in [4.78, 5) is 0. The Bertz CT molecular complexity index is 211. The lowest BCUT2D eigenvalue weighted by Gasteiger charge is -2.20. The molecular weight excluding hydrogens is 134 g/mol. The van der Waals surface area contributed by atoms with Gasteiger partial charge in [-0.05, 0) is 26.0 Å². The van der Waals surface area contributed by atoms with Crippen LogP contribution in [0, 0.1) is 0 Å². The fourth-order valence-corrected chi connectivity index (χ4v) is 1.34. The number of likely N-dealkylation sites (N-methyl/N-ethyl adjacent to an activating group) is 1. The molecule has 0 saturated heterocycles. The third kappa shape index (κ3) is 1.81. The molecule has 60 valence electrons. The number of hydrogen-bond donors (Lipinski definition) is 1. The average molecular weight is 149 g/mol. The Morgan fingerprint density at radius 2 is 2.45 bits per heavy atom. The zero-order valence-electron chi connectivity index (χ0n) is 7.22. The molecule has 0 aromatic rings. The first-order valence-electron chi connectivity index (χ1n) is 3.95. The molecule has 1 atom stereocenters. The topological polar surface area (TPSA) is 12.0 Å². The maximum atomic E-state index is 3.93. The average Bonchev–Trinajstić information content (AvgIpc) is 2.04. The molecule has 1 rings (SSSR count). The second-order valence-electron chi connectivity index (χ2n) is 2.91. The highest BCUT2D eigenvalue weighted by molar-refractivity contribution is 5.37. The van der Waals surface area contributed by atoms with Crippen molar-refractivity contribution in [2.45, 2.75) is 19.4 Å². The molecule has 0 fully saturated rings. The lowest BCUT2D eigenvalue weighted by Crippen LogP contribution is -2.28. The first-order valence-corrected chi connectivity index (χ1v) is 3.95. The summed E-state index contributed by atoms with van der Waals surface area (Å²) in [5.74, 6) is 0. The molecule has 1 heteroatoms. The van der Waals surface area contributed by atoms with Gasteiger partial charge in [-0.1, -0.05) is 30.4 Å². The van der Waals surface area contributed by atoms with Gasteiger partial charge in [0.05, 0.1) is 0 Å². The largest absolute Gasteiger partial charge is 0.313 e. The van der Waals surface area contributed by atoms with Crippen molar-refractivity contribution in [3.63, 3.8) is 0 Å². The molecule has 0 heterocycles. The van der Waals surface area contributed by atoms with Gasteiger partial charge < -0.3 is 5.32 Å². The molecule has 0 amide bonds. The molecule has 0 radical (unpaired) electrons. The fraction of sp³-hybridized carbons (Fsp3) is 0.400. The van der Waals surface area contributed by atoms with E-state index in [1.807, 2.05) is 7.05 Å². The SMILES string of the molecule is C=C(C)C1=CC=CCC1NC. The summed E-state index contributed by atoms with van der Waals surface area (Å²) >= 11 is 0. The van der Waals surface area contributed by atoms with Crippen LogP contribution in [0.3, 0.4) is 0 Å². The van der Waals surface area contributed by atoms with E-state index in [9.17, 15) is 0 Å². The van der Waals surface area contributed by atoms with Gasteiger partial charge in [-0.25, -0.2) is 0 Å². The van der Waals surface area contributed by atoms with Gasteiger partial charge in [0.1, 0.15) is 0 Å². The van der Waals surface area contributed by atoms with E-state index in [0.717, 1.165) is 12.0 Å².